The number of carboxylic acids is 1. The molecule has 2 unspecified atom stereocenters. The molecule has 6 bridgehead atoms. The molecule has 1 N–H and O–H groups in total. The minimum atomic E-state index is -1.21. The van der Waals surface area contributed by atoms with Crippen molar-refractivity contribution in [2.24, 2.45) is 5.92 Å². The number of hydrogen-bond donors (Lipinski definition) is 1. The van der Waals surface area contributed by atoms with Crippen molar-refractivity contribution in [1.29, 1.82) is 0 Å². The lowest BCUT2D eigenvalue weighted by Crippen LogP contribution is -2.46. The fraction of sp³-hybridized carbons (Fsp3) is 0.700. The van der Waals surface area contributed by atoms with Crippen molar-refractivity contribution in [2.75, 3.05) is 31.2 Å². The van der Waals surface area contributed by atoms with Gasteiger partial charge in [-0.1, -0.05) is 19.1 Å². The van der Waals surface area contributed by atoms with Crippen molar-refractivity contribution in [3.05, 3.63) is 34.9 Å². The van der Waals surface area contributed by atoms with Gasteiger partial charge in [0.15, 0.2) is 11.8 Å². The van der Waals surface area contributed by atoms with E-state index in [1.54, 1.807) is 9.20 Å². The number of aromatic nitrogens is 6. The Morgan fingerprint density at radius 1 is 1.19 bits per heavy atom. The van der Waals surface area contributed by atoms with Crippen molar-refractivity contribution >= 4 is 17.4 Å². The molecule has 0 aromatic carbocycles. The Morgan fingerprint density at radius 3 is 2.57 bits per heavy atom. The highest BCUT2D eigenvalue weighted by Gasteiger charge is 2.38. The van der Waals surface area contributed by atoms with E-state index in [1.165, 1.54) is 0 Å². The number of aliphatic carboxylic acids is 1. The molecule has 3 aromatic rings. The smallest absolute Gasteiger partial charge is 0.337 e. The topological polar surface area (TPSA) is 129 Å². The number of ether oxygens (including phenoxy) is 3. The van der Waals surface area contributed by atoms with Crippen molar-refractivity contribution < 1.29 is 24.1 Å². The lowest BCUT2D eigenvalue weighted by molar-refractivity contribution is -0.160. The summed E-state index contributed by atoms with van der Waals surface area (Å²) in [4.78, 5) is 19.7. The van der Waals surface area contributed by atoms with Crippen molar-refractivity contribution in [1.82, 2.24) is 29.6 Å². The lowest BCUT2D eigenvalue weighted by Gasteiger charge is -2.41. The number of carbonyl (C=O) groups is 1. The van der Waals surface area contributed by atoms with Crippen molar-refractivity contribution in [3.8, 4) is 0 Å². The summed E-state index contributed by atoms with van der Waals surface area (Å²) in [6.07, 6.45) is 3.97. The minimum Gasteiger partial charge on any atom is -0.479 e. The van der Waals surface area contributed by atoms with Gasteiger partial charge in [-0.05, 0) is 66.2 Å². The highest BCUT2D eigenvalue weighted by molar-refractivity contribution is 5.78. The second-order valence-electron chi connectivity index (χ2n) is 13.2. The Labute approximate surface area is 247 Å². The van der Waals surface area contributed by atoms with Crippen LogP contribution < -0.4 is 4.90 Å². The first kappa shape index (κ1) is 30.4. The van der Waals surface area contributed by atoms with E-state index in [0.717, 1.165) is 37.1 Å². The SMILES string of the molecule is Cc1nc2cc3nn2c(c1C(OC(C)(C)C)C(=O)O)N1CCC(C)(CC1)OCCCCOC(C(C)C)c1cn(nn1)C3. The molecule has 12 heteroatoms. The molecule has 42 heavy (non-hydrogen) atoms. The molecule has 6 rings (SSSR count). The van der Waals surface area contributed by atoms with Crippen LogP contribution in [0.1, 0.15) is 102 Å². The van der Waals surface area contributed by atoms with Crippen LogP contribution in [-0.4, -0.2) is 78.2 Å². The van der Waals surface area contributed by atoms with E-state index in [0.29, 0.717) is 55.6 Å². The first-order valence-corrected chi connectivity index (χ1v) is 15.0. The highest BCUT2D eigenvalue weighted by Crippen LogP contribution is 2.38. The first-order valence-electron chi connectivity index (χ1n) is 15.0. The number of nitrogens with zero attached hydrogens (tertiary/aromatic N) is 7. The number of fused-ring (bicyclic) bond motifs is 8. The largest absolute Gasteiger partial charge is 0.479 e. The Hall–Kier alpha value is -3.09. The third-order valence-corrected chi connectivity index (χ3v) is 8.00. The van der Waals surface area contributed by atoms with E-state index in [9.17, 15) is 9.90 Å². The van der Waals surface area contributed by atoms with Crippen LogP contribution in [0.5, 0.6) is 0 Å². The van der Waals surface area contributed by atoms with Gasteiger partial charge >= 0.3 is 5.97 Å². The van der Waals surface area contributed by atoms with Crippen LogP contribution >= 0.6 is 0 Å². The fourth-order valence-corrected chi connectivity index (χ4v) is 5.81. The highest BCUT2D eigenvalue weighted by atomic mass is 16.5. The second kappa shape index (κ2) is 11.9. The summed E-state index contributed by atoms with van der Waals surface area (Å²) in [6.45, 7) is 16.9. The summed E-state index contributed by atoms with van der Waals surface area (Å²) in [5.74, 6) is -0.117. The van der Waals surface area contributed by atoms with Crippen LogP contribution in [0.15, 0.2) is 12.3 Å². The van der Waals surface area contributed by atoms with E-state index in [2.05, 4.69) is 36.0 Å². The third kappa shape index (κ3) is 6.60. The lowest BCUT2D eigenvalue weighted by atomic mass is 9.92. The maximum absolute atomic E-state index is 12.7. The summed E-state index contributed by atoms with van der Waals surface area (Å²) in [5.41, 5.74) is 2.36. The van der Waals surface area contributed by atoms with Gasteiger partial charge in [0.25, 0.3) is 0 Å². The zero-order valence-corrected chi connectivity index (χ0v) is 26.0. The van der Waals surface area contributed by atoms with Gasteiger partial charge in [0.05, 0.1) is 35.2 Å². The zero-order chi connectivity index (χ0) is 30.2. The standard InChI is InChI=1S/C30H45N7O5/c1-19(2)25-22-18-36(34-32-22)17-21-16-23-31-20(3)24(26(28(38)39)42-29(4,5)6)27(37(23)33-21)35-12-10-30(7,11-13-35)41-15-9-8-14-40-25/h16,18-19,25-26H,8-15,17H2,1-7H3,(H,38,39). The molecular weight excluding hydrogens is 538 g/mol. The van der Waals surface area contributed by atoms with Crippen LogP contribution in [-0.2, 0) is 25.5 Å². The fourth-order valence-electron chi connectivity index (χ4n) is 5.81. The maximum Gasteiger partial charge on any atom is 0.337 e. The van der Waals surface area contributed by atoms with E-state index >= 15 is 0 Å². The summed E-state index contributed by atoms with van der Waals surface area (Å²) in [7, 11) is 0. The molecule has 230 valence electrons. The van der Waals surface area contributed by atoms with Gasteiger partial charge in [0, 0.05) is 38.1 Å². The quantitative estimate of drug-likeness (QED) is 0.469. The Kier molecular flexibility index (Phi) is 8.60. The first-order chi connectivity index (χ1) is 19.8. The van der Waals surface area contributed by atoms with Crippen LogP contribution in [0.3, 0.4) is 0 Å². The minimum absolute atomic E-state index is 0.155. The predicted octanol–water partition coefficient (Wildman–Crippen LogP) is 4.50. The van der Waals surface area contributed by atoms with Crippen molar-refractivity contribution in [3.63, 3.8) is 0 Å². The molecule has 1 saturated heterocycles. The molecular formula is C30H45N7O5. The molecule has 3 aromatic heterocycles. The molecule has 0 radical (unpaired) electrons. The molecule has 0 saturated carbocycles. The third-order valence-electron chi connectivity index (χ3n) is 8.00. The summed E-state index contributed by atoms with van der Waals surface area (Å²) in [6, 6.07) is 1.92. The number of carboxylic acid groups (broad SMARTS) is 1. The number of hydrogen-bond acceptors (Lipinski definition) is 9. The van der Waals surface area contributed by atoms with Crippen LogP contribution in [0, 0.1) is 12.8 Å². The Morgan fingerprint density at radius 2 is 1.90 bits per heavy atom. The molecule has 0 amide bonds. The monoisotopic (exact) mass is 583 g/mol. The number of piperidine rings is 1. The van der Waals surface area contributed by atoms with Crippen LogP contribution in [0.25, 0.3) is 5.65 Å². The molecule has 1 fully saturated rings. The van der Waals surface area contributed by atoms with Crippen LogP contribution in [0.4, 0.5) is 5.82 Å². The second-order valence-corrected chi connectivity index (χ2v) is 13.2. The van der Waals surface area contributed by atoms with Gasteiger partial charge in [-0.3, -0.25) is 0 Å². The molecule has 0 spiro atoms. The predicted molar refractivity (Wildman–Crippen MR) is 157 cm³/mol. The Balaban J connectivity index is 1.62. The van der Waals surface area contributed by atoms with Crippen LogP contribution in [0.2, 0.25) is 0 Å². The van der Waals surface area contributed by atoms with E-state index in [-0.39, 0.29) is 17.6 Å². The Bertz CT molecular complexity index is 1400. The number of aryl methyl sites for hydroxylation is 1. The molecule has 3 aliphatic rings. The molecule has 3 aliphatic heterocycles. The maximum atomic E-state index is 12.7. The van der Waals surface area contributed by atoms with Gasteiger partial charge in [0.1, 0.15) is 17.6 Å². The average Bonchev–Trinajstić information content (AvgIpc) is 3.52. The molecule has 0 aliphatic carbocycles. The van der Waals surface area contributed by atoms with E-state index < -0.39 is 17.7 Å². The van der Waals surface area contributed by atoms with Gasteiger partial charge in [0.2, 0.25) is 0 Å². The van der Waals surface area contributed by atoms with Gasteiger partial charge in [-0.25, -0.2) is 14.5 Å². The zero-order valence-electron chi connectivity index (χ0n) is 26.0. The number of rotatable bonds is 4. The van der Waals surface area contributed by atoms with E-state index in [4.69, 9.17) is 24.3 Å². The average molecular weight is 584 g/mol. The summed E-state index contributed by atoms with van der Waals surface area (Å²) >= 11 is 0. The number of anilines is 1. The van der Waals surface area contributed by atoms with Gasteiger partial charge in [-0.15, -0.1) is 5.10 Å². The molecule has 6 heterocycles. The summed E-state index contributed by atoms with van der Waals surface area (Å²) < 4.78 is 22.4. The van der Waals surface area contributed by atoms with Gasteiger partial charge < -0.3 is 24.2 Å². The van der Waals surface area contributed by atoms with Gasteiger partial charge in [-0.2, -0.15) is 9.61 Å². The normalized spacial score (nSPS) is 23.2. The molecule has 2 atom stereocenters. The van der Waals surface area contributed by atoms with Crippen molar-refractivity contribution in [2.45, 2.75) is 104 Å². The molecule has 12 nitrogen and oxygen atoms in total. The summed E-state index contributed by atoms with van der Waals surface area (Å²) in [5, 5.41) is 24.1. The van der Waals surface area contributed by atoms with E-state index in [1.807, 2.05) is 40.0 Å².